The molecule has 0 spiro atoms. The fourth-order valence-corrected chi connectivity index (χ4v) is 3.63. The van der Waals surface area contributed by atoms with E-state index in [0.717, 1.165) is 10.5 Å². The van der Waals surface area contributed by atoms with Crippen LogP contribution in [0.25, 0.3) is 0 Å². The Labute approximate surface area is 181 Å². The van der Waals surface area contributed by atoms with E-state index in [4.69, 9.17) is 9.47 Å². The van der Waals surface area contributed by atoms with Crippen LogP contribution in [-0.2, 0) is 15.1 Å². The fraction of sp³-hybridized carbons (Fsp3) is 0.348. The zero-order chi connectivity index (χ0) is 22.8. The number of hydrogen-bond donors (Lipinski definition) is 2. The molecule has 3 rings (SSSR count). The monoisotopic (exact) mass is 425 g/mol. The Morgan fingerprint density at radius 1 is 1.10 bits per heavy atom. The number of hydrogen-bond acceptors (Lipinski definition) is 5. The van der Waals surface area contributed by atoms with Gasteiger partial charge in [0.2, 0.25) is 5.91 Å². The van der Waals surface area contributed by atoms with Gasteiger partial charge in [-0.05, 0) is 42.2 Å². The smallest absolute Gasteiger partial charge is 0.325 e. The largest absolute Gasteiger partial charge is 0.493 e. The Morgan fingerprint density at radius 2 is 1.77 bits per heavy atom. The van der Waals surface area contributed by atoms with Crippen molar-refractivity contribution in [3.63, 3.8) is 0 Å². The van der Waals surface area contributed by atoms with Crippen molar-refractivity contribution in [2.24, 2.45) is 0 Å². The molecular formula is C23H27N3O5. The summed E-state index contributed by atoms with van der Waals surface area (Å²) in [6.07, 6.45) is 0. The highest BCUT2D eigenvalue weighted by atomic mass is 16.5. The second kappa shape index (κ2) is 8.67. The first-order valence-electron chi connectivity index (χ1n) is 9.96. The molecule has 2 aromatic carbocycles. The van der Waals surface area contributed by atoms with Crippen LogP contribution in [0.1, 0.15) is 37.8 Å². The molecule has 164 valence electrons. The van der Waals surface area contributed by atoms with E-state index in [9.17, 15) is 14.4 Å². The normalized spacial score (nSPS) is 18.2. The first kappa shape index (κ1) is 22.1. The van der Waals surface area contributed by atoms with Crippen LogP contribution in [0.5, 0.6) is 11.5 Å². The van der Waals surface area contributed by atoms with E-state index >= 15 is 0 Å². The zero-order valence-electron chi connectivity index (χ0n) is 18.3. The number of nitrogens with one attached hydrogen (secondary N) is 2. The van der Waals surface area contributed by atoms with Gasteiger partial charge in [-0.2, -0.15) is 0 Å². The van der Waals surface area contributed by atoms with E-state index in [2.05, 4.69) is 10.6 Å². The van der Waals surface area contributed by atoms with Crippen LogP contribution in [0.4, 0.5) is 10.5 Å². The number of benzene rings is 2. The van der Waals surface area contributed by atoms with Crippen molar-refractivity contribution in [2.45, 2.75) is 32.2 Å². The van der Waals surface area contributed by atoms with Gasteiger partial charge in [-0.15, -0.1) is 0 Å². The Balaban J connectivity index is 1.80. The van der Waals surface area contributed by atoms with Gasteiger partial charge < -0.3 is 20.1 Å². The van der Waals surface area contributed by atoms with Crippen LogP contribution in [0.2, 0.25) is 0 Å². The van der Waals surface area contributed by atoms with Gasteiger partial charge in [-0.3, -0.25) is 14.5 Å². The summed E-state index contributed by atoms with van der Waals surface area (Å²) in [7, 11) is 3.00. The van der Waals surface area contributed by atoms with Gasteiger partial charge in [0.25, 0.3) is 5.91 Å². The summed E-state index contributed by atoms with van der Waals surface area (Å²) in [6.45, 7) is 5.26. The van der Waals surface area contributed by atoms with Crippen molar-refractivity contribution < 1.29 is 23.9 Å². The van der Waals surface area contributed by atoms with Crippen LogP contribution in [0.3, 0.4) is 0 Å². The van der Waals surface area contributed by atoms with Crippen molar-refractivity contribution in [3.8, 4) is 11.5 Å². The molecule has 1 atom stereocenters. The average molecular weight is 425 g/mol. The molecule has 0 radical (unpaired) electrons. The molecule has 0 aliphatic carbocycles. The Morgan fingerprint density at radius 3 is 2.42 bits per heavy atom. The van der Waals surface area contributed by atoms with E-state index in [1.54, 1.807) is 31.2 Å². The molecule has 1 fully saturated rings. The van der Waals surface area contributed by atoms with Crippen molar-refractivity contribution in [1.29, 1.82) is 0 Å². The molecule has 0 aromatic heterocycles. The van der Waals surface area contributed by atoms with Crippen molar-refractivity contribution >= 4 is 23.5 Å². The molecule has 2 N–H and O–H groups in total. The van der Waals surface area contributed by atoms with Crippen molar-refractivity contribution in [3.05, 3.63) is 53.6 Å². The topological polar surface area (TPSA) is 97.0 Å². The highest BCUT2D eigenvalue weighted by Gasteiger charge is 2.49. The van der Waals surface area contributed by atoms with E-state index in [1.807, 2.05) is 32.0 Å². The van der Waals surface area contributed by atoms with Gasteiger partial charge in [0.15, 0.2) is 11.5 Å². The predicted octanol–water partition coefficient (Wildman–Crippen LogP) is 3.23. The SMILES string of the molecule is COc1ccc(C2(C)NC(=O)N(CC(=O)Nc3ccccc3C(C)C)C2=O)cc1OC. The minimum atomic E-state index is -1.33. The maximum atomic E-state index is 13.1. The van der Waals surface area contributed by atoms with Gasteiger partial charge in [-0.1, -0.05) is 38.1 Å². The number of urea groups is 1. The average Bonchev–Trinajstić information content (AvgIpc) is 2.97. The molecule has 1 unspecified atom stereocenters. The number of rotatable bonds is 7. The number of carbonyl (C=O) groups is 3. The standard InChI is InChI=1S/C23H27N3O5/c1-14(2)16-8-6-7-9-17(16)24-20(27)13-26-21(28)23(3,25-22(26)29)15-10-11-18(30-4)19(12-15)31-5/h6-12,14H,13H2,1-5H3,(H,24,27)(H,25,29). The van der Waals surface area contributed by atoms with Crippen LogP contribution >= 0.6 is 0 Å². The quantitative estimate of drug-likeness (QED) is 0.664. The second-order valence-electron chi connectivity index (χ2n) is 7.81. The van der Waals surface area contributed by atoms with Crippen molar-refractivity contribution in [1.82, 2.24) is 10.2 Å². The number of ether oxygens (including phenoxy) is 2. The molecule has 4 amide bonds. The summed E-state index contributed by atoms with van der Waals surface area (Å²) in [4.78, 5) is 39.3. The number of anilines is 1. The highest BCUT2D eigenvalue weighted by Crippen LogP contribution is 2.35. The summed E-state index contributed by atoms with van der Waals surface area (Å²) in [6, 6.07) is 11.8. The molecular weight excluding hydrogens is 398 g/mol. The van der Waals surface area contributed by atoms with Gasteiger partial charge in [0.1, 0.15) is 12.1 Å². The lowest BCUT2D eigenvalue weighted by molar-refractivity contribution is -0.133. The summed E-state index contributed by atoms with van der Waals surface area (Å²) in [5.41, 5.74) is 0.837. The molecule has 31 heavy (non-hydrogen) atoms. The van der Waals surface area contributed by atoms with Crippen LogP contribution in [-0.4, -0.2) is 43.5 Å². The summed E-state index contributed by atoms with van der Waals surface area (Å²) in [5.74, 6) is 0.183. The number of amides is 4. The molecule has 2 aromatic rings. The number of methoxy groups -OCH3 is 2. The number of para-hydroxylation sites is 1. The fourth-order valence-electron chi connectivity index (χ4n) is 3.63. The summed E-state index contributed by atoms with van der Waals surface area (Å²) in [5, 5.41) is 5.51. The predicted molar refractivity (Wildman–Crippen MR) is 116 cm³/mol. The molecule has 8 heteroatoms. The third-order valence-corrected chi connectivity index (χ3v) is 5.39. The lowest BCUT2D eigenvalue weighted by atomic mass is 9.91. The molecule has 8 nitrogen and oxygen atoms in total. The van der Waals surface area contributed by atoms with E-state index in [1.165, 1.54) is 14.2 Å². The van der Waals surface area contributed by atoms with Gasteiger partial charge in [0.05, 0.1) is 14.2 Å². The molecule has 1 saturated heterocycles. The maximum absolute atomic E-state index is 13.1. The van der Waals surface area contributed by atoms with Crippen LogP contribution < -0.4 is 20.1 Å². The highest BCUT2D eigenvalue weighted by molar-refractivity contribution is 6.10. The first-order chi connectivity index (χ1) is 14.7. The molecule has 1 aliphatic heterocycles. The number of carbonyl (C=O) groups excluding carboxylic acids is 3. The van der Waals surface area contributed by atoms with Crippen molar-refractivity contribution in [2.75, 3.05) is 26.1 Å². The molecule has 1 heterocycles. The third-order valence-electron chi connectivity index (χ3n) is 5.39. The summed E-state index contributed by atoms with van der Waals surface area (Å²) >= 11 is 0. The molecule has 1 aliphatic rings. The van der Waals surface area contributed by atoms with Gasteiger partial charge in [-0.25, -0.2) is 4.79 Å². The van der Waals surface area contributed by atoms with E-state index in [0.29, 0.717) is 22.7 Å². The Hall–Kier alpha value is -3.55. The van der Waals surface area contributed by atoms with Crippen LogP contribution in [0.15, 0.2) is 42.5 Å². The van der Waals surface area contributed by atoms with E-state index < -0.39 is 23.4 Å². The minimum absolute atomic E-state index is 0.210. The van der Waals surface area contributed by atoms with Crippen LogP contribution in [0, 0.1) is 0 Å². The Bertz CT molecular complexity index is 1020. The maximum Gasteiger partial charge on any atom is 0.325 e. The number of nitrogens with zero attached hydrogens (tertiary/aromatic N) is 1. The van der Waals surface area contributed by atoms with Gasteiger partial charge in [0, 0.05) is 5.69 Å². The molecule has 0 saturated carbocycles. The minimum Gasteiger partial charge on any atom is -0.493 e. The zero-order valence-corrected chi connectivity index (χ0v) is 18.3. The summed E-state index contributed by atoms with van der Waals surface area (Å²) < 4.78 is 10.5. The van der Waals surface area contributed by atoms with Gasteiger partial charge >= 0.3 is 6.03 Å². The third kappa shape index (κ3) is 4.19. The van der Waals surface area contributed by atoms with E-state index in [-0.39, 0.29) is 12.5 Å². The first-order valence-corrected chi connectivity index (χ1v) is 9.96. The second-order valence-corrected chi connectivity index (χ2v) is 7.81. The lowest BCUT2D eigenvalue weighted by Crippen LogP contribution is -2.42. The number of imide groups is 1. The Kier molecular flexibility index (Phi) is 6.19. The lowest BCUT2D eigenvalue weighted by Gasteiger charge is -2.23. The molecule has 0 bridgehead atoms.